The minimum atomic E-state index is 0.824. The maximum atomic E-state index is 4.80. The first-order chi connectivity index (χ1) is 15.8. The molecule has 2 saturated heterocycles. The van der Waals surface area contributed by atoms with E-state index in [-0.39, 0.29) is 0 Å². The highest BCUT2D eigenvalue weighted by Crippen LogP contribution is 2.29. The lowest BCUT2D eigenvalue weighted by Gasteiger charge is -2.25. The van der Waals surface area contributed by atoms with Crippen molar-refractivity contribution in [2.75, 3.05) is 39.3 Å². The fourth-order valence-electron chi connectivity index (χ4n) is 4.68. The Hall–Kier alpha value is -2.02. The summed E-state index contributed by atoms with van der Waals surface area (Å²) in [4.78, 5) is 6.69. The number of fused-ring (bicyclic) bond motifs is 2. The zero-order valence-electron chi connectivity index (χ0n) is 18.2. The Balaban J connectivity index is 1.17. The van der Waals surface area contributed by atoms with Gasteiger partial charge in [0.25, 0.3) is 0 Å². The van der Waals surface area contributed by atoms with Gasteiger partial charge in [-0.15, -0.1) is 20.4 Å². The van der Waals surface area contributed by atoms with Crippen LogP contribution < -0.4 is 0 Å². The number of nitrogens with zero attached hydrogens (tertiary/aromatic N) is 10. The normalized spacial score (nSPS) is 18.9. The first kappa shape index (κ1) is 20.6. The summed E-state index contributed by atoms with van der Waals surface area (Å²) in [7, 11) is 0. The van der Waals surface area contributed by atoms with Crippen LogP contribution >= 0.6 is 22.7 Å². The van der Waals surface area contributed by atoms with Crippen LogP contribution in [0.15, 0.2) is 0 Å². The highest BCUT2D eigenvalue weighted by molar-refractivity contribution is 7.26. The lowest BCUT2D eigenvalue weighted by atomic mass is 10.1. The molecule has 2 aliphatic rings. The SMILES string of the molecule is C1CCN(CCc2nnc3sc(-c4nn5c(CCN6CCCCC6)nnc5s4)nn23)CC1. The van der Waals surface area contributed by atoms with Crippen molar-refractivity contribution in [2.45, 2.75) is 51.4 Å². The molecule has 0 radical (unpaired) electrons. The molecule has 12 heteroatoms. The summed E-state index contributed by atoms with van der Waals surface area (Å²) in [6.07, 6.45) is 9.66. The minimum absolute atomic E-state index is 0.824. The van der Waals surface area contributed by atoms with Crippen molar-refractivity contribution < 1.29 is 0 Å². The summed E-state index contributed by atoms with van der Waals surface area (Å²) in [6.45, 7) is 6.80. The molecule has 0 aromatic carbocycles. The smallest absolute Gasteiger partial charge is 0.235 e. The Morgan fingerprint density at radius 2 is 1.00 bits per heavy atom. The predicted octanol–water partition coefficient (Wildman–Crippen LogP) is 2.41. The highest BCUT2D eigenvalue weighted by atomic mass is 32.1. The van der Waals surface area contributed by atoms with Crippen LogP contribution in [0.2, 0.25) is 0 Å². The third-order valence-corrected chi connectivity index (χ3v) is 8.43. The summed E-state index contributed by atoms with van der Waals surface area (Å²) in [5.74, 6) is 1.86. The van der Waals surface area contributed by atoms with Gasteiger partial charge >= 0.3 is 0 Å². The quantitative estimate of drug-likeness (QED) is 0.405. The fraction of sp³-hybridized carbons (Fsp3) is 0.700. The van der Waals surface area contributed by atoms with Gasteiger partial charge in [0.1, 0.15) is 0 Å². The molecule has 0 amide bonds. The lowest BCUT2D eigenvalue weighted by molar-refractivity contribution is 0.230. The molecule has 0 spiro atoms. The van der Waals surface area contributed by atoms with Crippen molar-refractivity contribution in [3.8, 4) is 10.0 Å². The fourth-order valence-corrected chi connectivity index (χ4v) is 6.41. The van der Waals surface area contributed by atoms with Crippen molar-refractivity contribution in [3.63, 3.8) is 0 Å². The number of hydrogen-bond acceptors (Lipinski definition) is 10. The van der Waals surface area contributed by atoms with E-state index in [0.717, 1.165) is 57.5 Å². The first-order valence-corrected chi connectivity index (χ1v) is 13.3. The van der Waals surface area contributed by atoms with E-state index < -0.39 is 0 Å². The molecule has 4 aromatic rings. The maximum absolute atomic E-state index is 4.80. The first-order valence-electron chi connectivity index (χ1n) is 11.7. The third-order valence-electron chi connectivity index (χ3n) is 6.49. The number of hydrogen-bond donors (Lipinski definition) is 0. The molecule has 32 heavy (non-hydrogen) atoms. The molecule has 4 aromatic heterocycles. The van der Waals surface area contributed by atoms with Gasteiger partial charge in [0.2, 0.25) is 9.92 Å². The second kappa shape index (κ2) is 9.08. The van der Waals surface area contributed by atoms with E-state index >= 15 is 0 Å². The van der Waals surface area contributed by atoms with Crippen molar-refractivity contribution in [3.05, 3.63) is 11.6 Å². The zero-order valence-corrected chi connectivity index (χ0v) is 19.8. The molecule has 6 heterocycles. The van der Waals surface area contributed by atoms with Gasteiger partial charge in [-0.05, 0) is 51.9 Å². The Labute approximate surface area is 194 Å². The molecule has 0 aliphatic carbocycles. The van der Waals surface area contributed by atoms with Crippen LogP contribution in [0, 0.1) is 0 Å². The van der Waals surface area contributed by atoms with Gasteiger partial charge < -0.3 is 9.80 Å². The number of rotatable bonds is 7. The van der Waals surface area contributed by atoms with Crippen molar-refractivity contribution >= 4 is 32.6 Å². The zero-order chi connectivity index (χ0) is 21.3. The number of aromatic nitrogens is 8. The van der Waals surface area contributed by atoms with Crippen LogP contribution in [0.5, 0.6) is 0 Å². The summed E-state index contributed by atoms with van der Waals surface area (Å²) in [5, 5.41) is 28.8. The molecule has 0 atom stereocenters. The van der Waals surface area contributed by atoms with E-state index in [1.54, 1.807) is 0 Å². The summed E-state index contributed by atoms with van der Waals surface area (Å²) in [5.41, 5.74) is 0. The van der Waals surface area contributed by atoms with Gasteiger partial charge in [0.15, 0.2) is 21.7 Å². The second-order valence-electron chi connectivity index (χ2n) is 8.74. The van der Waals surface area contributed by atoms with E-state index in [0.29, 0.717) is 0 Å². The average Bonchev–Trinajstić information content (AvgIpc) is 3.59. The number of piperidine rings is 2. The van der Waals surface area contributed by atoms with Crippen molar-refractivity contribution in [1.82, 2.24) is 49.4 Å². The molecule has 0 unspecified atom stereocenters. The van der Waals surface area contributed by atoms with E-state index in [9.17, 15) is 0 Å². The Morgan fingerprint density at radius 1 is 0.562 bits per heavy atom. The molecular weight excluding hydrogens is 444 g/mol. The largest absolute Gasteiger partial charge is 0.303 e. The Kier molecular flexibility index (Phi) is 5.84. The summed E-state index contributed by atoms with van der Waals surface area (Å²) >= 11 is 3.07. The molecule has 6 rings (SSSR count). The highest BCUT2D eigenvalue weighted by Gasteiger charge is 2.20. The molecule has 0 saturated carbocycles. The molecule has 2 fully saturated rings. The minimum Gasteiger partial charge on any atom is -0.303 e. The second-order valence-corrected chi connectivity index (χ2v) is 10.7. The van der Waals surface area contributed by atoms with Crippen LogP contribution in [0.4, 0.5) is 0 Å². The lowest BCUT2D eigenvalue weighted by Crippen LogP contribution is -2.31. The van der Waals surface area contributed by atoms with Crippen molar-refractivity contribution in [1.29, 1.82) is 0 Å². The van der Waals surface area contributed by atoms with Crippen LogP contribution in [-0.4, -0.2) is 88.7 Å². The van der Waals surface area contributed by atoms with E-state index in [1.165, 1.54) is 87.4 Å². The average molecular weight is 473 g/mol. The molecule has 2 aliphatic heterocycles. The molecule has 0 N–H and O–H groups in total. The van der Waals surface area contributed by atoms with Gasteiger partial charge in [-0.1, -0.05) is 35.5 Å². The standard InChI is InChI=1S/C20H28N10S2/c1-3-9-27(10-4-1)13-7-15-21-23-19-29(15)25-17(31-19)18-26-30-16(22-24-20(30)32-18)8-14-28-11-5-2-6-12-28/h1-14H2. The maximum Gasteiger partial charge on any atom is 0.235 e. The molecular formula is C20H28N10S2. The molecule has 10 nitrogen and oxygen atoms in total. The Bertz CT molecular complexity index is 1090. The summed E-state index contributed by atoms with van der Waals surface area (Å²) in [6, 6.07) is 0. The summed E-state index contributed by atoms with van der Waals surface area (Å²) < 4.78 is 3.78. The predicted molar refractivity (Wildman–Crippen MR) is 124 cm³/mol. The van der Waals surface area contributed by atoms with Crippen molar-refractivity contribution in [2.24, 2.45) is 0 Å². The monoisotopic (exact) mass is 472 g/mol. The van der Waals surface area contributed by atoms with Crippen LogP contribution in [0.25, 0.3) is 19.9 Å². The van der Waals surface area contributed by atoms with Gasteiger partial charge in [-0.2, -0.15) is 19.2 Å². The van der Waals surface area contributed by atoms with Crippen LogP contribution in [-0.2, 0) is 12.8 Å². The molecule has 170 valence electrons. The van der Waals surface area contributed by atoms with Gasteiger partial charge in [-0.25, -0.2) is 0 Å². The van der Waals surface area contributed by atoms with E-state index in [2.05, 4.69) is 30.2 Å². The van der Waals surface area contributed by atoms with Crippen LogP contribution in [0.1, 0.15) is 50.2 Å². The Morgan fingerprint density at radius 3 is 1.44 bits per heavy atom. The van der Waals surface area contributed by atoms with Gasteiger partial charge in [0.05, 0.1) is 0 Å². The van der Waals surface area contributed by atoms with E-state index in [4.69, 9.17) is 10.2 Å². The topological polar surface area (TPSA) is 92.6 Å². The van der Waals surface area contributed by atoms with Gasteiger partial charge in [-0.3, -0.25) is 0 Å². The number of likely N-dealkylation sites (tertiary alicyclic amines) is 2. The van der Waals surface area contributed by atoms with E-state index in [1.807, 2.05) is 9.03 Å². The molecule has 0 bridgehead atoms. The van der Waals surface area contributed by atoms with Crippen LogP contribution in [0.3, 0.4) is 0 Å². The third kappa shape index (κ3) is 4.16. The van der Waals surface area contributed by atoms with Gasteiger partial charge in [0, 0.05) is 25.9 Å².